The Bertz CT molecular complexity index is 1050. The third-order valence-corrected chi connectivity index (χ3v) is 4.28. The highest BCUT2D eigenvalue weighted by Gasteiger charge is 2.09. The molecular weight excluding hydrogens is 336 g/mol. The van der Waals surface area contributed by atoms with Gasteiger partial charge in [0.15, 0.2) is 0 Å². The highest BCUT2D eigenvalue weighted by molar-refractivity contribution is 6.04. The fourth-order valence-electron chi connectivity index (χ4n) is 2.75. The number of hydrogen-bond acceptors (Lipinski definition) is 3. The first kappa shape index (κ1) is 16.8. The maximum atomic E-state index is 12.3. The summed E-state index contributed by atoms with van der Waals surface area (Å²) in [5.74, 6) is 0.413. The van der Waals surface area contributed by atoms with E-state index in [4.69, 9.17) is 4.42 Å². The number of anilines is 1. The second-order valence-corrected chi connectivity index (χ2v) is 6.30. The van der Waals surface area contributed by atoms with Gasteiger partial charge >= 0.3 is 0 Å². The lowest BCUT2D eigenvalue weighted by Crippen LogP contribution is -2.11. The van der Waals surface area contributed by atoms with Crippen LogP contribution in [0, 0.1) is 6.92 Å². The van der Waals surface area contributed by atoms with Crippen LogP contribution in [0.25, 0.3) is 22.7 Å². The van der Waals surface area contributed by atoms with E-state index in [1.165, 1.54) is 0 Å². The molecule has 0 unspecified atom stereocenters. The van der Waals surface area contributed by atoms with Crippen molar-refractivity contribution >= 4 is 11.6 Å². The number of aryl methyl sites for hydroxylation is 1. The molecule has 0 spiro atoms. The molecular formula is C23H18N2O2. The van der Waals surface area contributed by atoms with Gasteiger partial charge in [0.1, 0.15) is 12.0 Å². The Morgan fingerprint density at radius 2 is 1.56 bits per heavy atom. The van der Waals surface area contributed by atoms with Crippen LogP contribution in [-0.4, -0.2) is 10.9 Å². The SMILES string of the molecule is Cc1ccc(C(=O)Nc2ccc(-c3nc(-c4ccccc4)co3)cc2)cc1. The molecule has 0 atom stereocenters. The van der Waals surface area contributed by atoms with Crippen LogP contribution in [0.2, 0.25) is 0 Å². The Labute approximate surface area is 157 Å². The topological polar surface area (TPSA) is 55.1 Å². The lowest BCUT2D eigenvalue weighted by Gasteiger charge is -2.06. The van der Waals surface area contributed by atoms with E-state index >= 15 is 0 Å². The van der Waals surface area contributed by atoms with Crippen LogP contribution >= 0.6 is 0 Å². The van der Waals surface area contributed by atoms with Gasteiger partial charge in [-0.05, 0) is 43.3 Å². The largest absolute Gasteiger partial charge is 0.444 e. The molecule has 0 bridgehead atoms. The second-order valence-electron chi connectivity index (χ2n) is 6.30. The van der Waals surface area contributed by atoms with Gasteiger partial charge in [-0.2, -0.15) is 0 Å². The number of aromatic nitrogens is 1. The number of nitrogens with one attached hydrogen (secondary N) is 1. The molecule has 0 aliphatic carbocycles. The van der Waals surface area contributed by atoms with E-state index in [2.05, 4.69) is 10.3 Å². The summed E-state index contributed by atoms with van der Waals surface area (Å²) < 4.78 is 5.61. The van der Waals surface area contributed by atoms with Crippen molar-refractivity contribution in [1.82, 2.24) is 4.98 Å². The summed E-state index contributed by atoms with van der Waals surface area (Å²) in [4.78, 5) is 16.8. The maximum Gasteiger partial charge on any atom is 0.255 e. The number of benzene rings is 3. The number of hydrogen-bond donors (Lipinski definition) is 1. The van der Waals surface area contributed by atoms with E-state index in [1.807, 2.05) is 85.8 Å². The van der Waals surface area contributed by atoms with Crippen LogP contribution in [0.1, 0.15) is 15.9 Å². The van der Waals surface area contributed by atoms with Crippen molar-refractivity contribution in [3.8, 4) is 22.7 Å². The number of oxazole rings is 1. The molecule has 4 nitrogen and oxygen atoms in total. The van der Waals surface area contributed by atoms with Crippen molar-refractivity contribution in [2.75, 3.05) is 5.32 Å². The van der Waals surface area contributed by atoms with E-state index in [1.54, 1.807) is 6.26 Å². The molecule has 132 valence electrons. The molecule has 4 rings (SSSR count). The summed E-state index contributed by atoms with van der Waals surface area (Å²) in [5.41, 5.74) is 5.13. The number of nitrogens with zero attached hydrogens (tertiary/aromatic N) is 1. The molecule has 0 saturated heterocycles. The van der Waals surface area contributed by atoms with Gasteiger partial charge in [-0.3, -0.25) is 4.79 Å². The quantitative estimate of drug-likeness (QED) is 0.521. The predicted octanol–water partition coefficient (Wildman–Crippen LogP) is 5.57. The van der Waals surface area contributed by atoms with E-state index in [-0.39, 0.29) is 5.91 Å². The van der Waals surface area contributed by atoms with Crippen LogP contribution in [-0.2, 0) is 0 Å². The molecule has 1 aromatic heterocycles. The highest BCUT2D eigenvalue weighted by atomic mass is 16.3. The lowest BCUT2D eigenvalue weighted by molar-refractivity contribution is 0.102. The van der Waals surface area contributed by atoms with Gasteiger partial charge in [0, 0.05) is 22.4 Å². The molecule has 0 radical (unpaired) electrons. The van der Waals surface area contributed by atoms with Crippen LogP contribution in [0.15, 0.2) is 89.5 Å². The van der Waals surface area contributed by atoms with Crippen molar-refractivity contribution in [2.45, 2.75) is 6.92 Å². The minimum atomic E-state index is -0.134. The summed E-state index contributed by atoms with van der Waals surface area (Å²) >= 11 is 0. The van der Waals surface area contributed by atoms with E-state index in [0.29, 0.717) is 11.5 Å². The summed E-state index contributed by atoms with van der Waals surface area (Å²) in [5, 5.41) is 2.90. The highest BCUT2D eigenvalue weighted by Crippen LogP contribution is 2.25. The van der Waals surface area contributed by atoms with Crippen LogP contribution < -0.4 is 5.32 Å². The Morgan fingerprint density at radius 1 is 0.852 bits per heavy atom. The Morgan fingerprint density at radius 3 is 2.26 bits per heavy atom. The first-order chi connectivity index (χ1) is 13.2. The van der Waals surface area contributed by atoms with Crippen molar-refractivity contribution in [3.63, 3.8) is 0 Å². The minimum Gasteiger partial charge on any atom is -0.444 e. The Balaban J connectivity index is 1.48. The van der Waals surface area contributed by atoms with Gasteiger partial charge in [-0.15, -0.1) is 0 Å². The van der Waals surface area contributed by atoms with Gasteiger partial charge in [-0.25, -0.2) is 4.98 Å². The molecule has 1 N–H and O–H groups in total. The molecule has 0 aliphatic rings. The first-order valence-corrected chi connectivity index (χ1v) is 8.68. The third-order valence-electron chi connectivity index (χ3n) is 4.28. The molecule has 27 heavy (non-hydrogen) atoms. The van der Waals surface area contributed by atoms with Crippen LogP contribution in [0.3, 0.4) is 0 Å². The normalized spacial score (nSPS) is 10.6. The molecule has 0 aliphatic heterocycles. The van der Waals surface area contributed by atoms with Gasteiger partial charge < -0.3 is 9.73 Å². The predicted molar refractivity (Wildman–Crippen MR) is 107 cm³/mol. The Kier molecular flexibility index (Phi) is 4.54. The van der Waals surface area contributed by atoms with E-state index in [0.717, 1.165) is 28.1 Å². The second kappa shape index (κ2) is 7.30. The smallest absolute Gasteiger partial charge is 0.255 e. The Hall–Kier alpha value is -3.66. The van der Waals surface area contributed by atoms with Crippen molar-refractivity contribution in [1.29, 1.82) is 0 Å². The number of carbonyl (C=O) groups excluding carboxylic acids is 1. The van der Waals surface area contributed by atoms with Crippen molar-refractivity contribution in [2.24, 2.45) is 0 Å². The molecule has 0 fully saturated rings. The van der Waals surface area contributed by atoms with Crippen LogP contribution in [0.5, 0.6) is 0 Å². The zero-order valence-electron chi connectivity index (χ0n) is 14.8. The summed E-state index contributed by atoms with van der Waals surface area (Å²) in [6, 6.07) is 24.8. The standard InChI is InChI=1S/C23H18N2O2/c1-16-7-9-18(10-8-16)22(26)24-20-13-11-19(12-14-20)23-25-21(15-27-23)17-5-3-2-4-6-17/h2-15H,1H3,(H,24,26). The fourth-order valence-corrected chi connectivity index (χ4v) is 2.75. The lowest BCUT2D eigenvalue weighted by atomic mass is 10.1. The van der Waals surface area contributed by atoms with Gasteiger partial charge in [0.05, 0.1) is 0 Å². The number of rotatable bonds is 4. The monoisotopic (exact) mass is 354 g/mol. The summed E-state index contributed by atoms with van der Waals surface area (Å²) in [6.45, 7) is 1.99. The molecule has 4 aromatic rings. The van der Waals surface area contributed by atoms with Gasteiger partial charge in [0.2, 0.25) is 5.89 Å². The summed E-state index contributed by atoms with van der Waals surface area (Å²) in [6.07, 6.45) is 1.65. The van der Waals surface area contributed by atoms with Gasteiger partial charge in [-0.1, -0.05) is 48.0 Å². The zero-order chi connectivity index (χ0) is 18.6. The minimum absolute atomic E-state index is 0.134. The van der Waals surface area contributed by atoms with E-state index in [9.17, 15) is 4.79 Å². The molecule has 3 aromatic carbocycles. The summed E-state index contributed by atoms with van der Waals surface area (Å²) in [7, 11) is 0. The zero-order valence-corrected chi connectivity index (χ0v) is 14.8. The van der Waals surface area contributed by atoms with E-state index < -0.39 is 0 Å². The van der Waals surface area contributed by atoms with Crippen molar-refractivity contribution in [3.05, 3.63) is 96.3 Å². The van der Waals surface area contributed by atoms with Crippen molar-refractivity contribution < 1.29 is 9.21 Å². The average Bonchev–Trinajstić information content (AvgIpc) is 3.20. The molecule has 0 saturated carbocycles. The third kappa shape index (κ3) is 3.80. The molecule has 4 heteroatoms. The molecule has 1 heterocycles. The average molecular weight is 354 g/mol. The van der Waals surface area contributed by atoms with Crippen LogP contribution in [0.4, 0.5) is 5.69 Å². The molecule has 1 amide bonds. The fraction of sp³-hybridized carbons (Fsp3) is 0.0435. The number of amides is 1. The first-order valence-electron chi connectivity index (χ1n) is 8.68. The number of carbonyl (C=O) groups is 1. The maximum absolute atomic E-state index is 12.3. The van der Waals surface area contributed by atoms with Gasteiger partial charge in [0.25, 0.3) is 5.91 Å².